The van der Waals surface area contributed by atoms with Gasteiger partial charge in [0.05, 0.1) is 12.0 Å². The summed E-state index contributed by atoms with van der Waals surface area (Å²) in [6, 6.07) is 17.1. The van der Waals surface area contributed by atoms with E-state index in [1.54, 1.807) is 18.5 Å². The number of phenolic OH excluding ortho intramolecular Hbond substituents is 1. The quantitative estimate of drug-likeness (QED) is 0.741. The van der Waals surface area contributed by atoms with E-state index in [1.165, 1.54) is 0 Å². The Bertz CT molecular complexity index is 642. The first-order valence-corrected chi connectivity index (χ1v) is 5.72. The lowest BCUT2D eigenvalue weighted by Gasteiger charge is -2.01. The van der Waals surface area contributed by atoms with Gasteiger partial charge in [0.2, 0.25) is 0 Å². The minimum atomic E-state index is 0.266. The number of aromatic hydroxyl groups is 1. The standard InChI is InChI=1S/C15H12N2O/c18-14-8-6-13(7-9-14)17-10-15(16-11-17)12-4-2-1-3-5-12/h1-11,18H. The predicted octanol–water partition coefficient (Wildman–Crippen LogP) is 3.24. The number of imidazole rings is 1. The molecule has 3 heteroatoms. The molecule has 0 radical (unpaired) electrons. The van der Waals surface area contributed by atoms with Crippen LogP contribution in [0.3, 0.4) is 0 Å². The van der Waals surface area contributed by atoms with Gasteiger partial charge in [-0.3, -0.25) is 0 Å². The topological polar surface area (TPSA) is 38.0 Å². The van der Waals surface area contributed by atoms with Crippen LogP contribution >= 0.6 is 0 Å². The highest BCUT2D eigenvalue weighted by molar-refractivity contribution is 5.58. The molecule has 0 saturated heterocycles. The van der Waals surface area contributed by atoms with Gasteiger partial charge in [-0.05, 0) is 24.3 Å². The van der Waals surface area contributed by atoms with Gasteiger partial charge in [0.25, 0.3) is 0 Å². The van der Waals surface area contributed by atoms with E-state index in [1.807, 2.05) is 53.2 Å². The van der Waals surface area contributed by atoms with E-state index in [-0.39, 0.29) is 5.75 Å². The molecule has 3 nitrogen and oxygen atoms in total. The van der Waals surface area contributed by atoms with E-state index in [0.29, 0.717) is 0 Å². The Morgan fingerprint density at radius 1 is 0.889 bits per heavy atom. The third-order valence-electron chi connectivity index (χ3n) is 2.80. The number of phenols is 1. The summed E-state index contributed by atoms with van der Waals surface area (Å²) < 4.78 is 1.93. The zero-order valence-electron chi connectivity index (χ0n) is 9.69. The van der Waals surface area contributed by atoms with Gasteiger partial charge in [0, 0.05) is 17.4 Å². The number of hydrogen-bond acceptors (Lipinski definition) is 2. The molecule has 3 rings (SSSR count). The lowest BCUT2D eigenvalue weighted by atomic mass is 10.2. The van der Waals surface area contributed by atoms with Gasteiger partial charge in [0.15, 0.2) is 0 Å². The summed E-state index contributed by atoms with van der Waals surface area (Å²) >= 11 is 0. The molecule has 0 amide bonds. The lowest BCUT2D eigenvalue weighted by Crippen LogP contribution is -1.88. The van der Waals surface area contributed by atoms with E-state index in [2.05, 4.69) is 4.98 Å². The van der Waals surface area contributed by atoms with E-state index in [0.717, 1.165) is 16.9 Å². The van der Waals surface area contributed by atoms with Crippen LogP contribution in [0, 0.1) is 0 Å². The van der Waals surface area contributed by atoms with Crippen molar-refractivity contribution < 1.29 is 5.11 Å². The number of aromatic nitrogens is 2. The van der Waals surface area contributed by atoms with E-state index in [4.69, 9.17) is 0 Å². The van der Waals surface area contributed by atoms with Crippen LogP contribution in [0.1, 0.15) is 0 Å². The number of nitrogens with zero attached hydrogens (tertiary/aromatic N) is 2. The molecule has 0 bridgehead atoms. The maximum absolute atomic E-state index is 9.26. The molecular weight excluding hydrogens is 224 g/mol. The zero-order valence-corrected chi connectivity index (χ0v) is 9.69. The van der Waals surface area contributed by atoms with Crippen molar-refractivity contribution in [3.63, 3.8) is 0 Å². The Morgan fingerprint density at radius 3 is 2.33 bits per heavy atom. The molecule has 0 atom stereocenters. The molecule has 1 heterocycles. The van der Waals surface area contributed by atoms with Crippen LogP contribution in [-0.2, 0) is 0 Å². The molecule has 3 aromatic rings. The predicted molar refractivity (Wildman–Crippen MR) is 70.7 cm³/mol. The summed E-state index contributed by atoms with van der Waals surface area (Å²) in [6.45, 7) is 0. The molecule has 0 saturated carbocycles. The van der Waals surface area contributed by atoms with E-state index >= 15 is 0 Å². The van der Waals surface area contributed by atoms with Crippen LogP contribution in [0.4, 0.5) is 0 Å². The number of rotatable bonds is 2. The van der Waals surface area contributed by atoms with Crippen molar-refractivity contribution in [2.75, 3.05) is 0 Å². The van der Waals surface area contributed by atoms with Crippen LogP contribution in [0.15, 0.2) is 67.1 Å². The fraction of sp³-hybridized carbons (Fsp3) is 0. The molecule has 2 aromatic carbocycles. The first-order chi connectivity index (χ1) is 8.83. The monoisotopic (exact) mass is 236 g/mol. The largest absolute Gasteiger partial charge is 0.508 e. The summed E-state index contributed by atoms with van der Waals surface area (Å²) in [6.07, 6.45) is 3.75. The second kappa shape index (κ2) is 4.37. The minimum Gasteiger partial charge on any atom is -0.508 e. The van der Waals surface area contributed by atoms with E-state index in [9.17, 15) is 5.11 Å². The van der Waals surface area contributed by atoms with Crippen LogP contribution in [-0.4, -0.2) is 14.7 Å². The highest BCUT2D eigenvalue weighted by Crippen LogP contribution is 2.19. The number of hydrogen-bond donors (Lipinski definition) is 1. The Balaban J connectivity index is 1.97. The Hall–Kier alpha value is -2.55. The molecule has 18 heavy (non-hydrogen) atoms. The summed E-state index contributed by atoms with van der Waals surface area (Å²) in [5.41, 5.74) is 3.00. The van der Waals surface area contributed by atoms with Crippen LogP contribution in [0.2, 0.25) is 0 Å². The van der Waals surface area contributed by atoms with Gasteiger partial charge in [-0.25, -0.2) is 4.98 Å². The van der Waals surface area contributed by atoms with E-state index < -0.39 is 0 Å². The molecule has 0 spiro atoms. The molecule has 1 N–H and O–H groups in total. The molecule has 88 valence electrons. The number of benzene rings is 2. The highest BCUT2D eigenvalue weighted by atomic mass is 16.3. The SMILES string of the molecule is Oc1ccc(-n2cnc(-c3ccccc3)c2)cc1. The molecule has 0 fully saturated rings. The second-order valence-corrected chi connectivity index (χ2v) is 4.05. The summed E-state index contributed by atoms with van der Waals surface area (Å²) in [5.74, 6) is 0.266. The first-order valence-electron chi connectivity index (χ1n) is 5.72. The molecule has 0 aliphatic heterocycles. The Labute approximate surface area is 105 Å². The van der Waals surface area contributed by atoms with Crippen LogP contribution in [0.25, 0.3) is 16.9 Å². The van der Waals surface area contributed by atoms with Gasteiger partial charge in [-0.15, -0.1) is 0 Å². The zero-order chi connectivity index (χ0) is 12.4. The Kier molecular flexibility index (Phi) is 2.57. The van der Waals surface area contributed by atoms with Gasteiger partial charge in [-0.1, -0.05) is 30.3 Å². The minimum absolute atomic E-state index is 0.266. The fourth-order valence-corrected chi connectivity index (χ4v) is 1.85. The third kappa shape index (κ3) is 1.98. The van der Waals surface area contributed by atoms with Crippen molar-refractivity contribution in [1.82, 2.24) is 9.55 Å². The van der Waals surface area contributed by atoms with Crippen molar-refractivity contribution in [2.24, 2.45) is 0 Å². The third-order valence-corrected chi connectivity index (χ3v) is 2.80. The average molecular weight is 236 g/mol. The lowest BCUT2D eigenvalue weighted by molar-refractivity contribution is 0.475. The normalized spacial score (nSPS) is 10.4. The smallest absolute Gasteiger partial charge is 0.115 e. The maximum atomic E-state index is 9.26. The molecule has 0 aliphatic rings. The molecule has 0 unspecified atom stereocenters. The molecular formula is C15H12N2O. The summed E-state index contributed by atoms with van der Waals surface area (Å²) in [4.78, 5) is 4.39. The second-order valence-electron chi connectivity index (χ2n) is 4.05. The maximum Gasteiger partial charge on any atom is 0.115 e. The van der Waals surface area contributed by atoms with Gasteiger partial charge in [0.1, 0.15) is 5.75 Å². The van der Waals surface area contributed by atoms with Gasteiger partial charge >= 0.3 is 0 Å². The van der Waals surface area contributed by atoms with Crippen molar-refractivity contribution in [1.29, 1.82) is 0 Å². The summed E-state index contributed by atoms with van der Waals surface area (Å²) in [7, 11) is 0. The first kappa shape index (κ1) is 10.6. The molecule has 1 aromatic heterocycles. The highest BCUT2D eigenvalue weighted by Gasteiger charge is 2.02. The van der Waals surface area contributed by atoms with Crippen LogP contribution in [0.5, 0.6) is 5.75 Å². The fourth-order valence-electron chi connectivity index (χ4n) is 1.85. The van der Waals surface area contributed by atoms with Crippen LogP contribution < -0.4 is 0 Å². The van der Waals surface area contributed by atoms with Gasteiger partial charge in [-0.2, -0.15) is 0 Å². The average Bonchev–Trinajstić information content (AvgIpc) is 2.90. The van der Waals surface area contributed by atoms with Crippen molar-refractivity contribution >= 4 is 0 Å². The van der Waals surface area contributed by atoms with Crippen molar-refractivity contribution in [3.05, 3.63) is 67.1 Å². The summed E-state index contributed by atoms with van der Waals surface area (Å²) in [5, 5.41) is 9.26. The Morgan fingerprint density at radius 2 is 1.61 bits per heavy atom. The van der Waals surface area contributed by atoms with Crippen molar-refractivity contribution in [3.8, 4) is 22.7 Å². The van der Waals surface area contributed by atoms with Gasteiger partial charge < -0.3 is 9.67 Å². The van der Waals surface area contributed by atoms with Crippen molar-refractivity contribution in [2.45, 2.75) is 0 Å². The molecule has 0 aliphatic carbocycles.